The lowest BCUT2D eigenvalue weighted by Crippen LogP contribution is -2.14. The minimum Gasteiger partial charge on any atom is -0.404 e. The number of benzene rings is 1. The Balaban J connectivity index is 1.14. The van der Waals surface area contributed by atoms with Gasteiger partial charge in [-0.15, -0.1) is 0 Å². The fourth-order valence-electron chi connectivity index (χ4n) is 4.04. The van der Waals surface area contributed by atoms with Gasteiger partial charge in [0.25, 0.3) is 0 Å². The third kappa shape index (κ3) is 3.74. The minimum atomic E-state index is -3.64. The highest BCUT2D eigenvalue weighted by Crippen LogP contribution is 2.55. The molecule has 0 saturated heterocycles. The van der Waals surface area contributed by atoms with E-state index in [2.05, 4.69) is 32.4 Å². The Morgan fingerprint density at radius 1 is 1.25 bits per heavy atom. The Morgan fingerprint density at radius 3 is 3.00 bits per heavy atom. The molecule has 1 aliphatic heterocycles. The SMILES string of the molecule is Nc1nc(NC2CC2)c2ncn(C3C=CC(COP4(=O)OCc5ccccc5O4)C3)c2n1. The van der Waals surface area contributed by atoms with Gasteiger partial charge in [-0.05, 0) is 25.3 Å². The Morgan fingerprint density at radius 2 is 2.12 bits per heavy atom. The quantitative estimate of drug-likeness (QED) is 0.422. The van der Waals surface area contributed by atoms with Crippen LogP contribution in [0.5, 0.6) is 5.75 Å². The van der Waals surface area contributed by atoms with Crippen LogP contribution >= 0.6 is 7.82 Å². The van der Waals surface area contributed by atoms with Crippen LogP contribution < -0.4 is 15.6 Å². The normalized spacial score (nSPS) is 26.8. The van der Waals surface area contributed by atoms with Crippen molar-refractivity contribution < 1.29 is 18.1 Å². The smallest absolute Gasteiger partial charge is 0.404 e. The number of nitrogens with two attached hydrogens (primary N) is 1. The van der Waals surface area contributed by atoms with Crippen molar-refractivity contribution in [2.45, 2.75) is 38.0 Å². The lowest BCUT2D eigenvalue weighted by molar-refractivity contribution is 0.124. The standard InChI is InChI=1S/C21H23N6O4P/c22-21-25-19(24-15-6-7-15)18-20(26-21)27(12-23-18)16-8-5-13(9-16)10-29-32(28)30-11-14-3-1-2-4-17(14)31-32/h1-5,8,12-13,15-16H,6-7,9-11H2,(H3,22,24,25,26). The number of nitrogen functional groups attached to an aromatic ring is 1. The van der Waals surface area contributed by atoms with E-state index in [1.54, 1.807) is 12.4 Å². The molecule has 2 aromatic heterocycles. The molecule has 2 aliphatic carbocycles. The summed E-state index contributed by atoms with van der Waals surface area (Å²) < 4.78 is 31.4. The van der Waals surface area contributed by atoms with Crippen LogP contribution in [0.4, 0.5) is 11.8 Å². The van der Waals surface area contributed by atoms with Crippen molar-refractivity contribution in [1.29, 1.82) is 0 Å². The van der Waals surface area contributed by atoms with Gasteiger partial charge >= 0.3 is 7.82 Å². The molecule has 3 unspecified atom stereocenters. The van der Waals surface area contributed by atoms with Crippen molar-refractivity contribution in [2.24, 2.45) is 5.92 Å². The Hall–Kier alpha value is -2.94. The van der Waals surface area contributed by atoms with Crippen molar-refractivity contribution in [3.8, 4) is 5.75 Å². The molecule has 3 atom stereocenters. The summed E-state index contributed by atoms with van der Waals surface area (Å²) in [5.74, 6) is 1.49. The molecule has 166 valence electrons. The van der Waals surface area contributed by atoms with Crippen LogP contribution in [-0.4, -0.2) is 32.2 Å². The first-order valence-electron chi connectivity index (χ1n) is 10.7. The molecule has 3 heterocycles. The van der Waals surface area contributed by atoms with Crippen molar-refractivity contribution in [3.63, 3.8) is 0 Å². The van der Waals surface area contributed by atoms with Crippen molar-refractivity contribution in [2.75, 3.05) is 17.7 Å². The molecule has 11 heteroatoms. The number of allylic oxidation sites excluding steroid dienone is 1. The molecule has 0 radical (unpaired) electrons. The summed E-state index contributed by atoms with van der Waals surface area (Å²) in [5, 5.41) is 3.38. The second-order valence-electron chi connectivity index (χ2n) is 8.34. The van der Waals surface area contributed by atoms with Crippen LogP contribution in [0, 0.1) is 5.92 Å². The van der Waals surface area contributed by atoms with Crippen molar-refractivity contribution >= 4 is 30.8 Å². The summed E-state index contributed by atoms with van der Waals surface area (Å²) >= 11 is 0. The number of nitrogens with one attached hydrogen (secondary N) is 1. The van der Waals surface area contributed by atoms with Crippen LogP contribution in [0.3, 0.4) is 0 Å². The van der Waals surface area contributed by atoms with Gasteiger partial charge < -0.3 is 20.1 Å². The van der Waals surface area contributed by atoms with Crippen LogP contribution in [0.15, 0.2) is 42.7 Å². The zero-order valence-electron chi connectivity index (χ0n) is 17.3. The highest BCUT2D eigenvalue weighted by Gasteiger charge is 2.35. The number of aromatic nitrogens is 4. The summed E-state index contributed by atoms with van der Waals surface area (Å²) in [6, 6.07) is 7.83. The molecule has 0 bridgehead atoms. The van der Waals surface area contributed by atoms with Gasteiger partial charge in [0, 0.05) is 17.5 Å². The van der Waals surface area contributed by atoms with E-state index in [0.717, 1.165) is 24.8 Å². The maximum absolute atomic E-state index is 12.9. The van der Waals surface area contributed by atoms with Crippen LogP contribution in [-0.2, 0) is 20.2 Å². The van der Waals surface area contributed by atoms with Gasteiger partial charge in [0.2, 0.25) is 5.95 Å². The molecule has 3 N–H and O–H groups in total. The summed E-state index contributed by atoms with van der Waals surface area (Å²) in [7, 11) is -3.64. The lowest BCUT2D eigenvalue weighted by Gasteiger charge is -2.25. The molecule has 0 amide bonds. The first-order chi connectivity index (χ1) is 15.6. The number of imidazole rings is 1. The molecule has 1 saturated carbocycles. The number of para-hydroxylation sites is 1. The maximum atomic E-state index is 12.9. The Labute approximate surface area is 184 Å². The van der Waals surface area contributed by atoms with E-state index in [1.165, 1.54) is 0 Å². The number of phosphoric acid groups is 1. The second-order valence-corrected chi connectivity index (χ2v) is 9.93. The predicted molar refractivity (Wildman–Crippen MR) is 118 cm³/mol. The van der Waals surface area contributed by atoms with Gasteiger partial charge in [-0.25, -0.2) is 9.55 Å². The maximum Gasteiger partial charge on any atom is 0.530 e. The van der Waals surface area contributed by atoms with E-state index < -0.39 is 7.82 Å². The van der Waals surface area contributed by atoms with Crippen LogP contribution in [0.1, 0.15) is 30.9 Å². The summed E-state index contributed by atoms with van der Waals surface area (Å²) in [6.45, 7) is 0.431. The molecule has 32 heavy (non-hydrogen) atoms. The molecular weight excluding hydrogens is 431 g/mol. The molecule has 10 nitrogen and oxygen atoms in total. The second kappa shape index (κ2) is 7.58. The highest BCUT2D eigenvalue weighted by atomic mass is 31.2. The molecule has 6 rings (SSSR count). The molecule has 1 aromatic carbocycles. The number of anilines is 2. The van der Waals surface area contributed by atoms with E-state index in [9.17, 15) is 4.57 Å². The van der Waals surface area contributed by atoms with Gasteiger partial charge in [-0.2, -0.15) is 9.97 Å². The average molecular weight is 454 g/mol. The molecule has 3 aromatic rings. The lowest BCUT2D eigenvalue weighted by atomic mass is 10.1. The number of hydrogen-bond donors (Lipinski definition) is 2. The van der Waals surface area contributed by atoms with E-state index in [1.807, 2.05) is 22.8 Å². The molecule has 1 fully saturated rings. The summed E-state index contributed by atoms with van der Waals surface area (Å²) in [6.07, 6.45) is 8.90. The topological polar surface area (TPSA) is 126 Å². The fourth-order valence-corrected chi connectivity index (χ4v) is 5.31. The van der Waals surface area contributed by atoms with Gasteiger partial charge in [-0.1, -0.05) is 30.4 Å². The largest absolute Gasteiger partial charge is 0.530 e. The number of rotatable bonds is 6. The number of phosphoric ester groups is 1. The molecule has 3 aliphatic rings. The zero-order valence-corrected chi connectivity index (χ0v) is 18.1. The van der Waals surface area contributed by atoms with E-state index in [0.29, 0.717) is 28.8 Å². The Bertz CT molecular complexity index is 1260. The fraction of sp³-hybridized carbons (Fsp3) is 0.381. The zero-order chi connectivity index (χ0) is 21.7. The van der Waals surface area contributed by atoms with Gasteiger partial charge in [-0.3, -0.25) is 9.05 Å². The molecular formula is C21H23N6O4P. The van der Waals surface area contributed by atoms with Crippen molar-refractivity contribution in [1.82, 2.24) is 19.5 Å². The number of hydrogen-bond acceptors (Lipinski definition) is 9. The monoisotopic (exact) mass is 454 g/mol. The minimum absolute atomic E-state index is 0.0338. The Kier molecular flexibility index (Phi) is 4.67. The van der Waals surface area contributed by atoms with Gasteiger partial charge in [0.1, 0.15) is 5.75 Å². The molecule has 0 spiro atoms. The van der Waals surface area contributed by atoms with Gasteiger partial charge in [0.15, 0.2) is 17.0 Å². The van der Waals surface area contributed by atoms with Crippen molar-refractivity contribution in [3.05, 3.63) is 48.3 Å². The van der Waals surface area contributed by atoms with E-state index in [4.69, 9.17) is 19.3 Å². The third-order valence-corrected chi connectivity index (χ3v) is 7.20. The summed E-state index contributed by atoms with van der Waals surface area (Å²) in [5.41, 5.74) is 8.22. The third-order valence-electron chi connectivity index (χ3n) is 5.87. The number of fused-ring (bicyclic) bond motifs is 2. The first-order valence-corrected chi connectivity index (χ1v) is 12.1. The van der Waals surface area contributed by atoms with E-state index >= 15 is 0 Å². The highest BCUT2D eigenvalue weighted by molar-refractivity contribution is 7.49. The summed E-state index contributed by atoms with van der Waals surface area (Å²) in [4.78, 5) is 13.3. The first kappa shape index (κ1) is 19.7. The van der Waals surface area contributed by atoms with Gasteiger partial charge in [0.05, 0.1) is 25.6 Å². The van der Waals surface area contributed by atoms with Crippen LogP contribution in [0.2, 0.25) is 0 Å². The number of nitrogens with zero attached hydrogens (tertiary/aromatic N) is 4. The van der Waals surface area contributed by atoms with Crippen LogP contribution in [0.25, 0.3) is 11.2 Å². The average Bonchev–Trinajstić information content (AvgIpc) is 3.30. The predicted octanol–water partition coefficient (Wildman–Crippen LogP) is 3.83. The van der Waals surface area contributed by atoms with E-state index in [-0.39, 0.29) is 31.1 Å².